The van der Waals surface area contributed by atoms with Crippen LogP contribution in [0.3, 0.4) is 0 Å². The first kappa shape index (κ1) is 17.2. The molecule has 1 saturated heterocycles. The summed E-state index contributed by atoms with van der Waals surface area (Å²) in [5.74, 6) is 0.665. The van der Waals surface area contributed by atoms with E-state index in [1.807, 2.05) is 18.5 Å². The largest absolute Gasteiger partial charge is 0.303 e. The van der Waals surface area contributed by atoms with Gasteiger partial charge in [0.1, 0.15) is 0 Å². The van der Waals surface area contributed by atoms with Crippen LogP contribution in [0.25, 0.3) is 0 Å². The smallest absolute Gasteiger partial charge is 0.196 e. The van der Waals surface area contributed by atoms with Crippen LogP contribution in [0, 0.1) is 5.92 Å². The van der Waals surface area contributed by atoms with Gasteiger partial charge in [0, 0.05) is 18.9 Å². The topological polar surface area (TPSA) is 34.0 Å². The van der Waals surface area contributed by atoms with E-state index in [2.05, 4.69) is 22.5 Å². The molecule has 2 aromatic heterocycles. The highest BCUT2D eigenvalue weighted by atomic mass is 19.1. The van der Waals surface area contributed by atoms with Crippen LogP contribution in [0.4, 0.5) is 4.39 Å². The van der Waals surface area contributed by atoms with Gasteiger partial charge in [0.2, 0.25) is 0 Å². The number of pyridine rings is 1. The van der Waals surface area contributed by atoms with Crippen molar-refractivity contribution in [1.29, 1.82) is 0 Å². The molecule has 3 unspecified atom stereocenters. The van der Waals surface area contributed by atoms with Crippen molar-refractivity contribution < 1.29 is 4.39 Å². The zero-order valence-electron chi connectivity index (χ0n) is 15.0. The molecule has 4 nitrogen and oxygen atoms in total. The molecular formula is C21H25FN4. The third-order valence-electron chi connectivity index (χ3n) is 5.56. The zero-order chi connectivity index (χ0) is 17.9. The Morgan fingerprint density at radius 3 is 3.15 bits per heavy atom. The van der Waals surface area contributed by atoms with Gasteiger partial charge >= 0.3 is 0 Å². The first-order chi connectivity index (χ1) is 12.8. The zero-order valence-corrected chi connectivity index (χ0v) is 15.0. The normalized spacial score (nSPS) is 24.2. The van der Waals surface area contributed by atoms with Gasteiger partial charge in [-0.25, -0.2) is 9.37 Å². The summed E-state index contributed by atoms with van der Waals surface area (Å²) in [6.45, 7) is 5.35. The van der Waals surface area contributed by atoms with E-state index in [1.54, 1.807) is 18.5 Å². The fourth-order valence-corrected chi connectivity index (χ4v) is 4.37. The molecule has 1 aliphatic heterocycles. The number of fused-ring (bicyclic) bond motifs is 3. The molecule has 1 aliphatic carbocycles. The van der Waals surface area contributed by atoms with E-state index in [-0.39, 0.29) is 0 Å². The van der Waals surface area contributed by atoms with Crippen LogP contribution in [0.15, 0.2) is 55.7 Å². The Hall–Kier alpha value is -2.27. The highest BCUT2D eigenvalue weighted by Crippen LogP contribution is 2.43. The summed E-state index contributed by atoms with van der Waals surface area (Å²) in [5, 5.41) is 0. The first-order valence-corrected chi connectivity index (χ1v) is 9.39. The Labute approximate surface area is 154 Å². The number of halogens is 1. The predicted octanol–water partition coefficient (Wildman–Crippen LogP) is 4.39. The van der Waals surface area contributed by atoms with Crippen molar-refractivity contribution in [3.63, 3.8) is 0 Å². The molecule has 0 aromatic carbocycles. The van der Waals surface area contributed by atoms with Crippen LogP contribution in [-0.4, -0.2) is 26.0 Å². The Kier molecular flexibility index (Phi) is 4.98. The van der Waals surface area contributed by atoms with Crippen LogP contribution < -0.4 is 0 Å². The molecule has 5 heteroatoms. The summed E-state index contributed by atoms with van der Waals surface area (Å²) in [6, 6.07) is 4.60. The summed E-state index contributed by atoms with van der Waals surface area (Å²) in [5.41, 5.74) is 3.52. The number of hydrogen-bond acceptors (Lipinski definition) is 3. The van der Waals surface area contributed by atoms with Crippen molar-refractivity contribution in [1.82, 2.24) is 19.4 Å². The average molecular weight is 352 g/mol. The molecule has 26 heavy (non-hydrogen) atoms. The number of likely N-dealkylation sites (tertiary alicyclic amines) is 1. The molecule has 2 aromatic rings. The summed E-state index contributed by atoms with van der Waals surface area (Å²) in [4.78, 5) is 11.6. The van der Waals surface area contributed by atoms with E-state index in [9.17, 15) is 4.39 Å². The highest BCUT2D eigenvalue weighted by Gasteiger charge is 2.37. The van der Waals surface area contributed by atoms with Gasteiger partial charge in [0.25, 0.3) is 0 Å². The molecule has 4 rings (SSSR count). The number of rotatable bonds is 5. The number of aryl methyl sites for hydroxylation is 1. The maximum Gasteiger partial charge on any atom is 0.196 e. The first-order valence-electron chi connectivity index (χ1n) is 9.39. The number of piperidine rings is 1. The monoisotopic (exact) mass is 352 g/mol. The standard InChI is InChI=1S/C21H25FN4/c1-2-3-8-19(22)26-14-18(24-15-26)13-25-12-5-7-17-10-9-16-6-4-11-23-20(16)21(17)25/h2-4,6,8,11,14-15,17,19,21H,1,5,7,9-10,12-13H2. The molecule has 0 radical (unpaired) electrons. The van der Waals surface area contributed by atoms with Gasteiger partial charge in [0.15, 0.2) is 6.30 Å². The van der Waals surface area contributed by atoms with Crippen molar-refractivity contribution in [2.24, 2.45) is 5.92 Å². The van der Waals surface area contributed by atoms with Crippen molar-refractivity contribution in [2.45, 2.75) is 44.6 Å². The summed E-state index contributed by atoms with van der Waals surface area (Å²) in [7, 11) is 0. The van der Waals surface area contributed by atoms with Crippen molar-refractivity contribution in [3.8, 4) is 0 Å². The molecular weight excluding hydrogens is 327 g/mol. The van der Waals surface area contributed by atoms with E-state index in [0.29, 0.717) is 12.0 Å². The molecule has 0 spiro atoms. The Morgan fingerprint density at radius 2 is 2.27 bits per heavy atom. The molecule has 3 heterocycles. The van der Waals surface area contributed by atoms with Gasteiger partial charge in [-0.2, -0.15) is 0 Å². The second-order valence-corrected chi connectivity index (χ2v) is 7.21. The van der Waals surface area contributed by atoms with Gasteiger partial charge in [0.05, 0.1) is 23.8 Å². The van der Waals surface area contributed by atoms with Crippen LogP contribution in [0.2, 0.25) is 0 Å². The lowest BCUT2D eigenvalue weighted by Crippen LogP contribution is -2.41. The quantitative estimate of drug-likeness (QED) is 0.749. The van der Waals surface area contributed by atoms with Crippen LogP contribution in [0.5, 0.6) is 0 Å². The fraction of sp³-hybridized carbons (Fsp3) is 0.429. The molecule has 0 saturated carbocycles. The van der Waals surface area contributed by atoms with Gasteiger partial charge in [-0.15, -0.1) is 0 Å². The minimum atomic E-state index is -1.21. The average Bonchev–Trinajstić information content (AvgIpc) is 3.14. The minimum Gasteiger partial charge on any atom is -0.303 e. The Morgan fingerprint density at radius 1 is 1.35 bits per heavy atom. The summed E-state index contributed by atoms with van der Waals surface area (Å²) < 4.78 is 15.6. The predicted molar refractivity (Wildman–Crippen MR) is 100 cm³/mol. The van der Waals surface area contributed by atoms with Crippen molar-refractivity contribution >= 4 is 0 Å². The number of nitrogens with zero attached hydrogens (tertiary/aromatic N) is 4. The summed E-state index contributed by atoms with van der Waals surface area (Å²) >= 11 is 0. The number of aromatic nitrogens is 3. The lowest BCUT2D eigenvalue weighted by molar-refractivity contribution is 0.0686. The van der Waals surface area contributed by atoms with Gasteiger partial charge < -0.3 is 4.57 Å². The Balaban J connectivity index is 1.54. The third-order valence-corrected chi connectivity index (χ3v) is 5.56. The van der Waals surface area contributed by atoms with Crippen LogP contribution in [-0.2, 0) is 13.0 Å². The van der Waals surface area contributed by atoms with E-state index in [0.717, 1.165) is 25.2 Å². The molecule has 2 aliphatic rings. The van der Waals surface area contributed by atoms with Crippen LogP contribution >= 0.6 is 0 Å². The van der Waals surface area contributed by atoms with E-state index < -0.39 is 6.30 Å². The number of alkyl halides is 1. The van der Waals surface area contributed by atoms with E-state index >= 15 is 0 Å². The second kappa shape index (κ2) is 7.54. The number of allylic oxidation sites excluding steroid dienone is 3. The molecule has 1 fully saturated rings. The second-order valence-electron chi connectivity index (χ2n) is 7.21. The third kappa shape index (κ3) is 3.36. The lowest BCUT2D eigenvalue weighted by Gasteiger charge is -2.44. The van der Waals surface area contributed by atoms with Gasteiger partial charge in [-0.1, -0.05) is 24.8 Å². The molecule has 0 bridgehead atoms. The van der Waals surface area contributed by atoms with Gasteiger partial charge in [-0.05, 0) is 55.9 Å². The minimum absolute atomic E-state index is 0.362. The van der Waals surface area contributed by atoms with E-state index in [1.165, 1.54) is 41.2 Å². The van der Waals surface area contributed by atoms with Crippen molar-refractivity contribution in [2.75, 3.05) is 6.54 Å². The maximum absolute atomic E-state index is 14.1. The molecule has 3 atom stereocenters. The maximum atomic E-state index is 14.1. The molecule has 136 valence electrons. The Bertz CT molecular complexity index is 797. The van der Waals surface area contributed by atoms with Crippen LogP contribution in [0.1, 0.15) is 48.6 Å². The highest BCUT2D eigenvalue weighted by molar-refractivity contribution is 5.27. The van der Waals surface area contributed by atoms with E-state index in [4.69, 9.17) is 4.98 Å². The number of imidazole rings is 1. The fourth-order valence-electron chi connectivity index (χ4n) is 4.37. The van der Waals surface area contributed by atoms with Crippen molar-refractivity contribution in [3.05, 3.63) is 72.6 Å². The SMILES string of the molecule is C=CC=CC(F)n1cnc(CN2CCCC3CCc4cccnc4C32)c1. The number of hydrogen-bond donors (Lipinski definition) is 0. The lowest BCUT2D eigenvalue weighted by atomic mass is 9.77. The van der Waals surface area contributed by atoms with Gasteiger partial charge in [-0.3, -0.25) is 9.88 Å². The molecule has 0 N–H and O–H groups in total. The summed E-state index contributed by atoms with van der Waals surface area (Å²) in [6.07, 6.45) is 13.6. The molecule has 0 amide bonds.